The Morgan fingerprint density at radius 2 is 1.95 bits per heavy atom. The van der Waals surface area contributed by atoms with Crippen molar-refractivity contribution in [2.45, 2.75) is 58.6 Å². The Morgan fingerprint density at radius 3 is 2.59 bits per heavy atom. The van der Waals surface area contributed by atoms with Gasteiger partial charge in [-0.05, 0) is 89.1 Å². The quantitative estimate of drug-likeness (QED) is 0.316. The number of halogens is 1. The minimum Gasteiger partial charge on any atom is -0.489 e. The van der Waals surface area contributed by atoms with Crippen LogP contribution in [0, 0.1) is 42.8 Å². The van der Waals surface area contributed by atoms with Crippen LogP contribution in [0.15, 0.2) is 42.9 Å². The first kappa shape index (κ1) is 29.5. The van der Waals surface area contributed by atoms with E-state index in [-0.39, 0.29) is 12.3 Å². The van der Waals surface area contributed by atoms with Gasteiger partial charge in [0, 0.05) is 41.6 Å². The fourth-order valence-electron chi connectivity index (χ4n) is 6.71. The summed E-state index contributed by atoms with van der Waals surface area (Å²) in [5.41, 5.74) is 2.11. The number of pyridine rings is 3. The normalized spacial score (nSPS) is 21.4. The number of aryl methyl sites for hydroxylation is 2. The zero-order valence-electron chi connectivity index (χ0n) is 25.6. The molecule has 1 amide bonds. The average molecular weight is 598 g/mol. The molecule has 1 saturated heterocycles. The number of aromatic nitrogens is 4. The fraction of sp³-hybridized carbons (Fsp3) is 0.424. The maximum absolute atomic E-state index is 14.7. The molecule has 2 unspecified atom stereocenters. The lowest BCUT2D eigenvalue weighted by atomic mass is 9.97. The summed E-state index contributed by atoms with van der Waals surface area (Å²) in [5, 5.41) is 27.2. The second kappa shape index (κ2) is 10.9. The molecule has 4 aromatic heterocycles. The monoisotopic (exact) mass is 597 g/mol. The summed E-state index contributed by atoms with van der Waals surface area (Å²) in [6, 6.07) is 9.65. The number of hydrogen-bond donors (Lipinski definition) is 2. The highest BCUT2D eigenvalue weighted by molar-refractivity contribution is 5.93. The Bertz CT molecular complexity index is 1770. The lowest BCUT2D eigenvalue weighted by Crippen LogP contribution is -2.45. The van der Waals surface area contributed by atoms with Gasteiger partial charge in [0.1, 0.15) is 24.2 Å². The van der Waals surface area contributed by atoms with Crippen molar-refractivity contribution in [2.24, 2.45) is 11.8 Å². The van der Waals surface area contributed by atoms with E-state index in [4.69, 9.17) is 9.72 Å². The number of anilines is 1. The number of fused-ring (bicyclic) bond motifs is 2. The molecule has 2 aliphatic rings. The third kappa shape index (κ3) is 5.69. The number of aliphatic hydroxyl groups is 1. The molecule has 1 aliphatic carbocycles. The second-order valence-corrected chi connectivity index (χ2v) is 13.2. The molecule has 2 fully saturated rings. The van der Waals surface area contributed by atoms with Gasteiger partial charge in [0.15, 0.2) is 11.5 Å². The Labute approximate surface area is 255 Å². The summed E-state index contributed by atoms with van der Waals surface area (Å²) in [7, 11) is 0. The third-order valence-electron chi connectivity index (χ3n) is 8.58. The molecule has 6 rings (SSSR count). The van der Waals surface area contributed by atoms with E-state index in [1.807, 2.05) is 25.1 Å². The number of hydrogen-bond acceptors (Lipinski definition) is 8. The van der Waals surface area contributed by atoms with Crippen molar-refractivity contribution in [1.82, 2.24) is 24.9 Å². The van der Waals surface area contributed by atoms with Crippen LogP contribution in [-0.2, 0) is 0 Å². The van der Waals surface area contributed by atoms with Gasteiger partial charge in [-0.3, -0.25) is 4.79 Å². The van der Waals surface area contributed by atoms with Crippen LogP contribution >= 0.6 is 0 Å². The van der Waals surface area contributed by atoms with E-state index in [0.717, 1.165) is 42.9 Å². The van der Waals surface area contributed by atoms with Crippen molar-refractivity contribution in [3.63, 3.8) is 0 Å². The number of nitriles is 1. The zero-order valence-corrected chi connectivity index (χ0v) is 25.6. The maximum Gasteiger partial charge on any atom is 0.273 e. The van der Waals surface area contributed by atoms with E-state index >= 15 is 0 Å². The summed E-state index contributed by atoms with van der Waals surface area (Å²) in [6.45, 7) is 10.5. The molecule has 1 aliphatic heterocycles. The number of carbonyl (C=O) groups is 1. The number of rotatable bonds is 7. The van der Waals surface area contributed by atoms with Crippen molar-refractivity contribution >= 4 is 17.2 Å². The van der Waals surface area contributed by atoms with Gasteiger partial charge in [0.25, 0.3) is 5.91 Å². The van der Waals surface area contributed by atoms with Crippen molar-refractivity contribution in [3.05, 3.63) is 71.2 Å². The van der Waals surface area contributed by atoms with Crippen LogP contribution < -0.4 is 15.0 Å². The molecule has 2 N–H and O–H groups in total. The van der Waals surface area contributed by atoms with Gasteiger partial charge in [0.05, 0.1) is 29.1 Å². The highest BCUT2D eigenvalue weighted by Crippen LogP contribution is 2.45. The number of nitrogens with zero attached hydrogens (tertiary/aromatic N) is 6. The van der Waals surface area contributed by atoms with Crippen molar-refractivity contribution in [3.8, 4) is 22.9 Å². The predicted molar refractivity (Wildman–Crippen MR) is 163 cm³/mol. The predicted octanol–water partition coefficient (Wildman–Crippen LogP) is 4.60. The highest BCUT2D eigenvalue weighted by Gasteiger charge is 2.48. The topological polar surface area (TPSA) is 129 Å². The van der Waals surface area contributed by atoms with Gasteiger partial charge in [0.2, 0.25) is 0 Å². The van der Waals surface area contributed by atoms with Crippen LogP contribution in [0.4, 0.5) is 10.2 Å². The van der Waals surface area contributed by atoms with E-state index in [0.29, 0.717) is 39.9 Å². The van der Waals surface area contributed by atoms with Crippen LogP contribution in [0.3, 0.4) is 0 Å². The number of amides is 1. The number of nitrogens with one attached hydrogen (secondary N) is 1. The molecule has 4 aromatic rings. The van der Waals surface area contributed by atoms with Gasteiger partial charge < -0.3 is 20.1 Å². The van der Waals surface area contributed by atoms with Crippen molar-refractivity contribution in [1.29, 1.82) is 5.26 Å². The van der Waals surface area contributed by atoms with Gasteiger partial charge in [-0.2, -0.15) is 10.4 Å². The summed E-state index contributed by atoms with van der Waals surface area (Å²) >= 11 is 0. The summed E-state index contributed by atoms with van der Waals surface area (Å²) in [4.78, 5) is 24.2. The van der Waals surface area contributed by atoms with E-state index in [9.17, 15) is 19.6 Å². The van der Waals surface area contributed by atoms with Crippen LogP contribution in [0.2, 0.25) is 0 Å². The largest absolute Gasteiger partial charge is 0.489 e. The first-order valence-corrected chi connectivity index (χ1v) is 14.8. The second-order valence-electron chi connectivity index (χ2n) is 13.2. The smallest absolute Gasteiger partial charge is 0.273 e. The maximum atomic E-state index is 14.7. The standard InChI is InChI=1S/C33H36FN7O3/c1-19-8-20(2)38-29(28(19)34)31(42)39-33(5)10-22-15-40(16-23(22)11-33)27-7-6-21(13-36-27)26-9-25(44-18-32(3,4)43)17-41-30(26)24(12-35)14-37-41/h6-9,13-14,17,22-23,43H,10-11,15-16,18H2,1-5H3,(H,39,42). The fourth-order valence-corrected chi connectivity index (χ4v) is 6.71. The van der Waals surface area contributed by atoms with E-state index < -0.39 is 22.9 Å². The first-order chi connectivity index (χ1) is 20.8. The van der Waals surface area contributed by atoms with Crippen LogP contribution in [0.25, 0.3) is 16.6 Å². The first-order valence-electron chi connectivity index (χ1n) is 14.8. The molecule has 228 valence electrons. The van der Waals surface area contributed by atoms with Gasteiger partial charge in [-0.15, -0.1) is 0 Å². The van der Waals surface area contributed by atoms with Crippen LogP contribution in [0.1, 0.15) is 60.9 Å². The SMILES string of the molecule is Cc1cc(C)c(F)c(C(=O)NC2(C)CC3CN(c4ccc(-c5cc(OCC(C)(C)O)cn6ncc(C#N)c56)cn4)CC3C2)n1. The minimum absolute atomic E-state index is 0.0981. The zero-order chi connectivity index (χ0) is 31.4. The minimum atomic E-state index is -1.01. The highest BCUT2D eigenvalue weighted by atomic mass is 19.1. The molecule has 0 spiro atoms. The molecule has 1 saturated carbocycles. The Balaban J connectivity index is 1.16. The average Bonchev–Trinajstić information content (AvgIpc) is 3.64. The van der Waals surface area contributed by atoms with Gasteiger partial charge >= 0.3 is 0 Å². The molecule has 10 nitrogen and oxygen atoms in total. The molecular weight excluding hydrogens is 561 g/mol. The molecular formula is C33H36FN7O3. The summed E-state index contributed by atoms with van der Waals surface area (Å²) in [6.07, 6.45) is 6.59. The molecule has 0 bridgehead atoms. The molecule has 2 atom stereocenters. The summed E-state index contributed by atoms with van der Waals surface area (Å²) in [5.74, 6) is 1.08. The number of carbonyl (C=O) groups excluding carboxylic acids is 1. The molecule has 0 aromatic carbocycles. The Kier molecular flexibility index (Phi) is 7.28. The Hall–Kier alpha value is -4.56. The Morgan fingerprint density at radius 1 is 1.23 bits per heavy atom. The lowest BCUT2D eigenvalue weighted by molar-refractivity contribution is 0.0283. The number of ether oxygens (including phenoxy) is 1. The van der Waals surface area contributed by atoms with Crippen molar-refractivity contribution < 1.29 is 19.0 Å². The van der Waals surface area contributed by atoms with Crippen LogP contribution in [0.5, 0.6) is 5.75 Å². The molecule has 11 heteroatoms. The van der Waals surface area contributed by atoms with Gasteiger partial charge in [-0.25, -0.2) is 18.9 Å². The summed E-state index contributed by atoms with van der Waals surface area (Å²) < 4.78 is 22.1. The molecule has 0 radical (unpaired) electrons. The molecule has 5 heterocycles. The van der Waals surface area contributed by atoms with E-state index in [2.05, 4.69) is 26.4 Å². The van der Waals surface area contributed by atoms with E-state index in [1.165, 1.54) is 6.20 Å². The van der Waals surface area contributed by atoms with E-state index in [1.54, 1.807) is 50.7 Å². The van der Waals surface area contributed by atoms with Gasteiger partial charge in [-0.1, -0.05) is 0 Å². The van der Waals surface area contributed by atoms with Crippen LogP contribution in [-0.4, -0.2) is 61.4 Å². The third-order valence-corrected chi connectivity index (χ3v) is 8.58. The molecule has 44 heavy (non-hydrogen) atoms. The van der Waals surface area contributed by atoms with Crippen molar-refractivity contribution in [2.75, 3.05) is 24.6 Å². The lowest BCUT2D eigenvalue weighted by Gasteiger charge is -2.29.